The summed E-state index contributed by atoms with van der Waals surface area (Å²) in [6.07, 6.45) is 20.1. The number of hydrogen-bond acceptors (Lipinski definition) is 1. The molecule has 6 atom stereocenters. The highest BCUT2D eigenvalue weighted by atomic mass is 16.3. The van der Waals surface area contributed by atoms with Gasteiger partial charge in [-0.25, -0.2) is 0 Å². The minimum Gasteiger partial charge on any atom is -0.393 e. The summed E-state index contributed by atoms with van der Waals surface area (Å²) in [5, 5.41) is 10.1. The Morgan fingerprint density at radius 3 is 2.55 bits per heavy atom. The summed E-state index contributed by atoms with van der Waals surface area (Å²) in [5.74, 6) is 3.53. The molecule has 1 saturated carbocycles. The SMILES string of the molecule is CC1=C(/C=C/C2=CCC[C@]3(C)[C@@H]([C@H](C)/C=C/C(C)C(C)C)CC[C@@H]23)C[C@@H](O)CC1. The van der Waals surface area contributed by atoms with Crippen LogP contribution in [0.5, 0.6) is 0 Å². The summed E-state index contributed by atoms with van der Waals surface area (Å²) in [7, 11) is 0. The Bertz CT molecular complexity index is 691. The second kappa shape index (κ2) is 9.38. The molecule has 1 heteroatoms. The Hall–Kier alpha value is -1.08. The van der Waals surface area contributed by atoms with Crippen LogP contribution in [-0.2, 0) is 0 Å². The van der Waals surface area contributed by atoms with Crippen LogP contribution in [0.3, 0.4) is 0 Å². The lowest BCUT2D eigenvalue weighted by Crippen LogP contribution is -2.34. The third kappa shape index (κ3) is 4.98. The van der Waals surface area contributed by atoms with Gasteiger partial charge in [0.1, 0.15) is 0 Å². The third-order valence-electron chi connectivity index (χ3n) is 8.61. The van der Waals surface area contributed by atoms with E-state index in [0.717, 1.165) is 31.1 Å². The first-order valence-electron chi connectivity index (χ1n) is 12.2. The quantitative estimate of drug-likeness (QED) is 0.457. The molecule has 1 fully saturated rings. The van der Waals surface area contributed by atoms with E-state index in [-0.39, 0.29) is 6.10 Å². The van der Waals surface area contributed by atoms with Crippen LogP contribution in [0.2, 0.25) is 0 Å². The van der Waals surface area contributed by atoms with E-state index in [4.69, 9.17) is 0 Å². The highest BCUT2D eigenvalue weighted by Crippen LogP contribution is 2.58. The number of rotatable bonds is 6. The smallest absolute Gasteiger partial charge is 0.0583 e. The van der Waals surface area contributed by atoms with E-state index < -0.39 is 0 Å². The molecule has 0 aromatic rings. The van der Waals surface area contributed by atoms with Gasteiger partial charge in [0.05, 0.1) is 6.10 Å². The molecule has 1 nitrogen and oxygen atoms in total. The van der Waals surface area contributed by atoms with Crippen molar-refractivity contribution in [3.8, 4) is 0 Å². The first kappa shape index (κ1) is 22.6. The van der Waals surface area contributed by atoms with Gasteiger partial charge in [-0.1, -0.05) is 70.6 Å². The molecule has 0 spiro atoms. The fraction of sp³-hybridized carbons (Fsp3) is 0.714. The molecule has 3 aliphatic rings. The number of aliphatic hydroxyl groups excluding tert-OH is 1. The molecule has 1 N–H and O–H groups in total. The van der Waals surface area contributed by atoms with Gasteiger partial charge in [-0.05, 0) is 98.0 Å². The van der Waals surface area contributed by atoms with Gasteiger partial charge in [-0.3, -0.25) is 0 Å². The van der Waals surface area contributed by atoms with E-state index in [1.54, 1.807) is 5.57 Å². The van der Waals surface area contributed by atoms with E-state index in [1.807, 2.05) is 0 Å². The van der Waals surface area contributed by atoms with Crippen molar-refractivity contribution in [3.63, 3.8) is 0 Å². The average molecular weight is 397 g/mol. The molecule has 3 rings (SSSR count). The topological polar surface area (TPSA) is 20.2 Å². The van der Waals surface area contributed by atoms with Crippen molar-refractivity contribution in [1.82, 2.24) is 0 Å². The van der Waals surface area contributed by atoms with Crippen molar-refractivity contribution in [2.75, 3.05) is 0 Å². The van der Waals surface area contributed by atoms with Crippen LogP contribution in [0.15, 0.2) is 47.1 Å². The van der Waals surface area contributed by atoms with Crippen molar-refractivity contribution < 1.29 is 5.11 Å². The van der Waals surface area contributed by atoms with Crippen molar-refractivity contribution in [3.05, 3.63) is 47.1 Å². The maximum atomic E-state index is 10.1. The average Bonchev–Trinajstić information content (AvgIpc) is 3.04. The standard InChI is InChI=1S/C28H44O/c1-19(2)20(3)9-10-22(5)26-15-16-27-23(8-7-17-28(26,27)6)12-13-24-18-25(29)14-11-21(24)4/h8-10,12-13,19-20,22,25-27,29H,7,11,14-18H2,1-6H3/b10-9+,13-12+/t20?,22-,25+,26-,27+,28-/m1/s1. The number of hydrogen-bond donors (Lipinski definition) is 1. The Balaban J connectivity index is 1.73. The minimum absolute atomic E-state index is 0.152. The first-order valence-corrected chi connectivity index (χ1v) is 12.2. The van der Waals surface area contributed by atoms with Crippen LogP contribution in [0, 0.1) is 35.0 Å². The predicted octanol–water partition coefficient (Wildman–Crippen LogP) is 7.64. The normalized spacial score (nSPS) is 35.4. The van der Waals surface area contributed by atoms with Gasteiger partial charge in [0.15, 0.2) is 0 Å². The monoisotopic (exact) mass is 396 g/mol. The maximum absolute atomic E-state index is 10.1. The van der Waals surface area contributed by atoms with Crippen LogP contribution in [0.25, 0.3) is 0 Å². The summed E-state index contributed by atoms with van der Waals surface area (Å²) in [4.78, 5) is 0. The molecular weight excluding hydrogens is 352 g/mol. The first-order chi connectivity index (χ1) is 13.7. The highest BCUT2D eigenvalue weighted by molar-refractivity contribution is 5.36. The van der Waals surface area contributed by atoms with Gasteiger partial charge >= 0.3 is 0 Å². The molecule has 0 bridgehead atoms. The van der Waals surface area contributed by atoms with Crippen LogP contribution in [0.1, 0.15) is 86.5 Å². The molecular formula is C28H44O. The molecule has 0 aromatic heterocycles. The van der Waals surface area contributed by atoms with Crippen molar-refractivity contribution >= 4 is 0 Å². The minimum atomic E-state index is -0.152. The zero-order chi connectivity index (χ0) is 21.2. The molecule has 0 aliphatic heterocycles. The van der Waals surface area contributed by atoms with Crippen LogP contribution >= 0.6 is 0 Å². The number of aliphatic hydroxyl groups is 1. The fourth-order valence-corrected chi connectivity index (χ4v) is 6.10. The Morgan fingerprint density at radius 2 is 1.83 bits per heavy atom. The van der Waals surface area contributed by atoms with Crippen LogP contribution in [-0.4, -0.2) is 11.2 Å². The van der Waals surface area contributed by atoms with Crippen LogP contribution in [0.4, 0.5) is 0 Å². The highest BCUT2D eigenvalue weighted by Gasteiger charge is 2.49. The van der Waals surface area contributed by atoms with Gasteiger partial charge in [0.25, 0.3) is 0 Å². The summed E-state index contributed by atoms with van der Waals surface area (Å²) in [6.45, 7) is 14.2. The van der Waals surface area contributed by atoms with Crippen LogP contribution < -0.4 is 0 Å². The van der Waals surface area contributed by atoms with Gasteiger partial charge in [-0.2, -0.15) is 0 Å². The summed E-state index contributed by atoms with van der Waals surface area (Å²) in [6, 6.07) is 0. The van der Waals surface area contributed by atoms with Crippen molar-refractivity contribution in [2.24, 2.45) is 35.0 Å². The van der Waals surface area contributed by atoms with E-state index in [1.165, 1.54) is 36.8 Å². The fourth-order valence-electron chi connectivity index (χ4n) is 6.10. The second-order valence-corrected chi connectivity index (χ2v) is 10.9. The lowest BCUT2D eigenvalue weighted by Gasteiger charge is -2.42. The Labute approximate surface area is 180 Å². The molecule has 1 unspecified atom stereocenters. The van der Waals surface area contributed by atoms with E-state index in [9.17, 15) is 5.11 Å². The summed E-state index contributed by atoms with van der Waals surface area (Å²) >= 11 is 0. The third-order valence-corrected chi connectivity index (χ3v) is 8.61. The maximum Gasteiger partial charge on any atom is 0.0583 e. The molecule has 0 radical (unpaired) electrons. The molecule has 0 aromatic carbocycles. The van der Waals surface area contributed by atoms with E-state index in [0.29, 0.717) is 23.2 Å². The Morgan fingerprint density at radius 1 is 1.07 bits per heavy atom. The molecule has 29 heavy (non-hydrogen) atoms. The van der Waals surface area contributed by atoms with Gasteiger partial charge < -0.3 is 5.11 Å². The lowest BCUT2D eigenvalue weighted by molar-refractivity contribution is 0.129. The zero-order valence-corrected chi connectivity index (χ0v) is 19.7. The lowest BCUT2D eigenvalue weighted by atomic mass is 9.62. The second-order valence-electron chi connectivity index (χ2n) is 10.9. The largest absolute Gasteiger partial charge is 0.393 e. The predicted molar refractivity (Wildman–Crippen MR) is 126 cm³/mol. The summed E-state index contributed by atoms with van der Waals surface area (Å²) < 4.78 is 0. The molecule has 3 aliphatic carbocycles. The summed E-state index contributed by atoms with van der Waals surface area (Å²) in [5.41, 5.74) is 4.82. The van der Waals surface area contributed by atoms with Crippen molar-refractivity contribution in [1.29, 1.82) is 0 Å². The van der Waals surface area contributed by atoms with Gasteiger partial charge in [0, 0.05) is 0 Å². The van der Waals surface area contributed by atoms with Crippen molar-refractivity contribution in [2.45, 2.75) is 92.6 Å². The number of fused-ring (bicyclic) bond motifs is 1. The van der Waals surface area contributed by atoms with E-state index >= 15 is 0 Å². The molecule has 162 valence electrons. The van der Waals surface area contributed by atoms with E-state index in [2.05, 4.69) is 71.9 Å². The van der Waals surface area contributed by atoms with Gasteiger partial charge in [0.2, 0.25) is 0 Å². The Kier molecular flexibility index (Phi) is 7.31. The zero-order valence-electron chi connectivity index (χ0n) is 19.7. The van der Waals surface area contributed by atoms with Gasteiger partial charge in [-0.15, -0.1) is 0 Å². The molecule has 0 amide bonds. The number of allylic oxidation sites excluding steroid dienone is 7. The molecule has 0 saturated heterocycles. The molecule has 0 heterocycles.